The minimum absolute atomic E-state index is 0.0647. The zero-order valence-corrected chi connectivity index (χ0v) is 19.5. The highest BCUT2D eigenvalue weighted by Crippen LogP contribution is 2.21. The fourth-order valence-electron chi connectivity index (χ4n) is 3.49. The second-order valence-corrected chi connectivity index (χ2v) is 12.1. The van der Waals surface area contributed by atoms with Crippen LogP contribution >= 0.6 is 23.6 Å². The molecule has 28 heavy (non-hydrogen) atoms. The molecule has 0 aliphatic carbocycles. The van der Waals surface area contributed by atoms with Crippen LogP contribution in [0.25, 0.3) is 0 Å². The number of nitrogens with zero attached hydrogens (tertiary/aromatic N) is 5. The van der Waals surface area contributed by atoms with E-state index >= 15 is 0 Å². The van der Waals surface area contributed by atoms with Gasteiger partial charge in [0.2, 0.25) is 5.13 Å². The summed E-state index contributed by atoms with van der Waals surface area (Å²) in [6.07, 6.45) is 4.18. The van der Waals surface area contributed by atoms with Crippen LogP contribution in [-0.2, 0) is 16.9 Å². The molecule has 0 unspecified atom stereocenters. The Morgan fingerprint density at radius 3 is 2.14 bits per heavy atom. The molecule has 0 amide bonds. The highest BCUT2D eigenvalue weighted by Gasteiger charge is 2.32. The van der Waals surface area contributed by atoms with Crippen molar-refractivity contribution in [2.75, 3.05) is 44.6 Å². The van der Waals surface area contributed by atoms with E-state index in [9.17, 15) is 8.42 Å². The van der Waals surface area contributed by atoms with E-state index in [1.54, 1.807) is 8.61 Å². The van der Waals surface area contributed by atoms with Crippen molar-refractivity contribution in [3.63, 3.8) is 0 Å². The van der Waals surface area contributed by atoms with E-state index in [0.29, 0.717) is 45.9 Å². The van der Waals surface area contributed by atoms with Crippen molar-refractivity contribution in [3.8, 4) is 0 Å². The molecular weight excluding hydrogens is 416 g/mol. The van der Waals surface area contributed by atoms with E-state index in [1.165, 1.54) is 11.3 Å². The number of piperazine rings is 1. The quantitative estimate of drug-likeness (QED) is 0.698. The van der Waals surface area contributed by atoms with Crippen LogP contribution < -0.4 is 5.32 Å². The predicted octanol–water partition coefficient (Wildman–Crippen LogP) is 2.58. The standard InChI is InChI=1S/C17H32N6O2S3/c1-17(2,3)18-15-19-23(16(26)27-15)14-20-10-12-22(13-11-20)28(24,25)21-8-6-4-5-7-9-21/h4-14H2,1-3H3,(H,18,19). The number of anilines is 1. The molecule has 1 aromatic rings. The first kappa shape index (κ1) is 22.1. The van der Waals surface area contributed by atoms with Gasteiger partial charge in [0.1, 0.15) is 0 Å². The summed E-state index contributed by atoms with van der Waals surface area (Å²) in [6.45, 7) is 10.6. The molecule has 3 rings (SSSR count). The van der Waals surface area contributed by atoms with Crippen molar-refractivity contribution in [1.82, 2.24) is 23.3 Å². The van der Waals surface area contributed by atoms with Gasteiger partial charge in [0.05, 0.1) is 6.67 Å². The molecule has 0 saturated carbocycles. The first-order valence-electron chi connectivity index (χ1n) is 9.99. The predicted molar refractivity (Wildman–Crippen MR) is 116 cm³/mol. The number of nitrogens with one attached hydrogen (secondary N) is 1. The lowest BCUT2D eigenvalue weighted by molar-refractivity contribution is 0.141. The van der Waals surface area contributed by atoms with Crippen molar-refractivity contribution in [1.29, 1.82) is 0 Å². The van der Waals surface area contributed by atoms with Crippen LogP contribution in [0.5, 0.6) is 0 Å². The monoisotopic (exact) mass is 448 g/mol. The van der Waals surface area contributed by atoms with Crippen LogP contribution in [0.3, 0.4) is 0 Å². The summed E-state index contributed by atoms with van der Waals surface area (Å²) < 4.78 is 31.8. The molecule has 160 valence electrons. The van der Waals surface area contributed by atoms with Gasteiger partial charge in [0, 0.05) is 44.8 Å². The Morgan fingerprint density at radius 1 is 1.00 bits per heavy atom. The second kappa shape index (κ2) is 9.05. The maximum atomic E-state index is 12.9. The Hall–Kier alpha value is -0.590. The van der Waals surface area contributed by atoms with E-state index in [-0.39, 0.29) is 5.54 Å². The summed E-state index contributed by atoms with van der Waals surface area (Å²) in [7, 11) is -3.34. The van der Waals surface area contributed by atoms with E-state index in [1.807, 2.05) is 4.68 Å². The van der Waals surface area contributed by atoms with Crippen molar-refractivity contribution in [2.24, 2.45) is 0 Å². The Balaban J connectivity index is 1.56. The molecule has 3 heterocycles. The van der Waals surface area contributed by atoms with Gasteiger partial charge in [0.15, 0.2) is 3.95 Å². The Kier molecular flexibility index (Phi) is 7.14. The third-order valence-electron chi connectivity index (χ3n) is 4.97. The van der Waals surface area contributed by atoms with Crippen LogP contribution in [0.4, 0.5) is 5.13 Å². The van der Waals surface area contributed by atoms with Crippen LogP contribution in [0, 0.1) is 3.95 Å². The molecular formula is C17H32N6O2S3. The molecule has 8 nitrogen and oxygen atoms in total. The average molecular weight is 449 g/mol. The molecule has 0 radical (unpaired) electrons. The zero-order chi connectivity index (χ0) is 20.4. The molecule has 0 bridgehead atoms. The molecule has 1 aromatic heterocycles. The lowest BCUT2D eigenvalue weighted by Crippen LogP contribution is -2.53. The van der Waals surface area contributed by atoms with Crippen LogP contribution in [-0.4, -0.2) is 76.5 Å². The van der Waals surface area contributed by atoms with Gasteiger partial charge in [-0.05, 0) is 45.8 Å². The number of hydrogen-bond acceptors (Lipinski definition) is 7. The van der Waals surface area contributed by atoms with Crippen molar-refractivity contribution in [3.05, 3.63) is 3.95 Å². The molecule has 2 aliphatic heterocycles. The van der Waals surface area contributed by atoms with Gasteiger partial charge in [-0.2, -0.15) is 17.0 Å². The fraction of sp³-hybridized carbons (Fsp3) is 0.882. The van der Waals surface area contributed by atoms with E-state index in [2.05, 4.69) is 36.1 Å². The van der Waals surface area contributed by atoms with Gasteiger partial charge < -0.3 is 5.32 Å². The topological polar surface area (TPSA) is 73.7 Å². The summed E-state index contributed by atoms with van der Waals surface area (Å²) in [5, 5.41) is 8.75. The number of aromatic nitrogens is 2. The summed E-state index contributed by atoms with van der Waals surface area (Å²) >= 11 is 6.92. The van der Waals surface area contributed by atoms with Gasteiger partial charge in [-0.3, -0.25) is 4.90 Å². The number of hydrogen-bond donors (Lipinski definition) is 1. The zero-order valence-electron chi connectivity index (χ0n) is 17.1. The Bertz CT molecular complexity index is 798. The van der Waals surface area contributed by atoms with E-state index in [0.717, 1.165) is 34.8 Å². The summed E-state index contributed by atoms with van der Waals surface area (Å²) in [5.74, 6) is 0. The first-order valence-corrected chi connectivity index (χ1v) is 12.6. The SMILES string of the molecule is CC(C)(C)Nc1nn(CN2CCN(S(=O)(=O)N3CCCCCC3)CC2)c(=S)s1. The van der Waals surface area contributed by atoms with Crippen molar-refractivity contribution < 1.29 is 8.42 Å². The Morgan fingerprint density at radius 2 is 1.57 bits per heavy atom. The third kappa shape index (κ3) is 5.73. The minimum atomic E-state index is -3.34. The van der Waals surface area contributed by atoms with Gasteiger partial charge in [-0.15, -0.1) is 5.10 Å². The summed E-state index contributed by atoms with van der Waals surface area (Å²) in [5.41, 5.74) is -0.0647. The van der Waals surface area contributed by atoms with Gasteiger partial charge in [0.25, 0.3) is 10.2 Å². The summed E-state index contributed by atoms with van der Waals surface area (Å²) in [4.78, 5) is 2.21. The molecule has 11 heteroatoms. The molecule has 0 atom stereocenters. The average Bonchev–Trinajstić information content (AvgIpc) is 2.81. The fourth-order valence-corrected chi connectivity index (χ4v) is 6.37. The maximum Gasteiger partial charge on any atom is 0.282 e. The van der Waals surface area contributed by atoms with Crippen LogP contribution in [0.1, 0.15) is 46.5 Å². The second-order valence-electron chi connectivity index (χ2n) is 8.53. The number of rotatable bonds is 5. The highest BCUT2D eigenvalue weighted by molar-refractivity contribution is 7.86. The third-order valence-corrected chi connectivity index (χ3v) is 8.23. The van der Waals surface area contributed by atoms with Gasteiger partial charge in [-0.1, -0.05) is 24.2 Å². The lowest BCUT2D eigenvalue weighted by Gasteiger charge is -2.36. The molecule has 2 saturated heterocycles. The molecule has 0 spiro atoms. The molecule has 0 aromatic carbocycles. The smallest absolute Gasteiger partial charge is 0.282 e. The first-order chi connectivity index (χ1) is 13.1. The Labute approximate surface area is 177 Å². The molecule has 2 aliphatic rings. The van der Waals surface area contributed by atoms with Gasteiger partial charge in [-0.25, -0.2) is 4.68 Å². The molecule has 1 N–H and O–H groups in total. The molecule has 2 fully saturated rings. The van der Waals surface area contributed by atoms with Crippen LogP contribution in [0.2, 0.25) is 0 Å². The van der Waals surface area contributed by atoms with Crippen LogP contribution in [0.15, 0.2) is 0 Å². The van der Waals surface area contributed by atoms with E-state index in [4.69, 9.17) is 12.2 Å². The summed E-state index contributed by atoms with van der Waals surface area (Å²) in [6, 6.07) is 0. The highest BCUT2D eigenvalue weighted by atomic mass is 32.2. The lowest BCUT2D eigenvalue weighted by atomic mass is 10.1. The van der Waals surface area contributed by atoms with Crippen molar-refractivity contribution >= 4 is 38.9 Å². The van der Waals surface area contributed by atoms with Crippen molar-refractivity contribution in [2.45, 2.75) is 58.7 Å². The normalized spacial score (nSPS) is 21.5. The van der Waals surface area contributed by atoms with Gasteiger partial charge >= 0.3 is 0 Å². The van der Waals surface area contributed by atoms with E-state index < -0.39 is 10.2 Å². The maximum absolute atomic E-state index is 12.9. The minimum Gasteiger partial charge on any atom is -0.356 e. The largest absolute Gasteiger partial charge is 0.356 e.